The molecule has 6 rings (SSSR count). The molecule has 4 aromatic rings. The number of benzene rings is 3. The first-order chi connectivity index (χ1) is 19.0. The highest BCUT2D eigenvalue weighted by Crippen LogP contribution is 2.41. The number of amides is 3. The number of nitrogens with one attached hydrogen (secondary N) is 2. The molecule has 2 N–H and O–H groups in total. The van der Waals surface area contributed by atoms with Gasteiger partial charge in [0.1, 0.15) is 0 Å². The number of thiophene rings is 1. The molecule has 0 radical (unpaired) electrons. The van der Waals surface area contributed by atoms with E-state index in [2.05, 4.69) is 10.6 Å². The van der Waals surface area contributed by atoms with E-state index in [1.807, 2.05) is 66.4 Å². The fraction of sp³-hybridized carbons (Fsp3) is 0.258. The van der Waals surface area contributed by atoms with Gasteiger partial charge in [-0.2, -0.15) is 0 Å². The van der Waals surface area contributed by atoms with E-state index in [1.54, 1.807) is 23.1 Å². The molecule has 8 heteroatoms. The molecule has 7 nitrogen and oxygen atoms in total. The van der Waals surface area contributed by atoms with E-state index in [9.17, 15) is 14.4 Å². The maximum atomic E-state index is 14.3. The number of aryl methyl sites for hydroxylation is 1. The monoisotopic (exact) mass is 538 g/mol. The topological polar surface area (TPSA) is 81.8 Å². The number of carbonyl (C=O) groups excluding carboxylic acids is 3. The van der Waals surface area contributed by atoms with Crippen molar-refractivity contribution in [3.8, 4) is 0 Å². The van der Waals surface area contributed by atoms with Gasteiger partial charge in [0.25, 0.3) is 11.8 Å². The Morgan fingerprint density at radius 3 is 2.56 bits per heavy atom. The minimum atomic E-state index is -0.497. The van der Waals surface area contributed by atoms with Gasteiger partial charge in [0, 0.05) is 29.9 Å². The van der Waals surface area contributed by atoms with Gasteiger partial charge in [0.15, 0.2) is 0 Å². The number of nitrogens with zero attached hydrogens (tertiary/aromatic N) is 2. The van der Waals surface area contributed by atoms with Crippen molar-refractivity contribution in [1.29, 1.82) is 0 Å². The number of anilines is 2. The van der Waals surface area contributed by atoms with Crippen LogP contribution in [0.25, 0.3) is 10.1 Å². The molecular weight excluding hydrogens is 508 g/mol. The van der Waals surface area contributed by atoms with Crippen molar-refractivity contribution in [2.45, 2.75) is 25.8 Å². The lowest BCUT2D eigenvalue weighted by molar-refractivity contribution is -0.116. The molecule has 1 aromatic heterocycles. The zero-order chi connectivity index (χ0) is 26.9. The highest BCUT2D eigenvalue weighted by molar-refractivity contribution is 7.20. The molecule has 0 spiro atoms. The van der Waals surface area contributed by atoms with Crippen molar-refractivity contribution >= 4 is 50.5 Å². The molecule has 3 aromatic carbocycles. The van der Waals surface area contributed by atoms with Gasteiger partial charge in [0.05, 0.1) is 28.7 Å². The number of carbonyl (C=O) groups is 3. The third-order valence-electron chi connectivity index (χ3n) is 7.41. The maximum Gasteiger partial charge on any atom is 0.269 e. The van der Waals surface area contributed by atoms with Crippen molar-refractivity contribution in [1.82, 2.24) is 10.2 Å². The number of hydrogen-bond acceptors (Lipinski definition) is 5. The quantitative estimate of drug-likeness (QED) is 0.367. The lowest BCUT2D eigenvalue weighted by Crippen LogP contribution is -2.35. The fourth-order valence-electron chi connectivity index (χ4n) is 5.36. The van der Waals surface area contributed by atoms with E-state index >= 15 is 0 Å². The van der Waals surface area contributed by atoms with Crippen LogP contribution in [0.1, 0.15) is 50.0 Å². The van der Waals surface area contributed by atoms with E-state index < -0.39 is 6.04 Å². The number of hydrogen-bond donors (Lipinski definition) is 2. The first-order valence-electron chi connectivity index (χ1n) is 13.3. The van der Waals surface area contributed by atoms with E-state index in [-0.39, 0.29) is 24.1 Å². The van der Waals surface area contributed by atoms with Gasteiger partial charge in [-0.3, -0.25) is 19.3 Å². The minimum absolute atomic E-state index is 0.0718. The Bertz CT molecular complexity index is 1520. The van der Waals surface area contributed by atoms with Crippen LogP contribution in [-0.4, -0.2) is 48.8 Å². The summed E-state index contributed by atoms with van der Waals surface area (Å²) in [5.41, 5.74) is 3.55. The van der Waals surface area contributed by atoms with Gasteiger partial charge in [-0.15, -0.1) is 11.3 Å². The summed E-state index contributed by atoms with van der Waals surface area (Å²) >= 11 is 1.45. The Hall–Kier alpha value is -4.01. The molecule has 2 aliphatic heterocycles. The van der Waals surface area contributed by atoms with Crippen LogP contribution in [0.3, 0.4) is 0 Å². The highest BCUT2D eigenvalue weighted by Gasteiger charge is 2.35. The summed E-state index contributed by atoms with van der Waals surface area (Å²) in [6.45, 7) is 4.97. The highest BCUT2D eigenvalue weighted by atomic mass is 32.1. The van der Waals surface area contributed by atoms with Gasteiger partial charge in [-0.25, -0.2) is 0 Å². The van der Waals surface area contributed by atoms with Crippen molar-refractivity contribution < 1.29 is 14.4 Å². The van der Waals surface area contributed by atoms with Crippen molar-refractivity contribution in [2.24, 2.45) is 0 Å². The number of rotatable bonds is 3. The molecule has 1 saturated heterocycles. The third kappa shape index (κ3) is 5.05. The van der Waals surface area contributed by atoms with Crippen molar-refractivity contribution in [2.75, 3.05) is 36.4 Å². The lowest BCUT2D eigenvalue weighted by Gasteiger charge is -2.31. The summed E-state index contributed by atoms with van der Waals surface area (Å²) in [7, 11) is 0. The summed E-state index contributed by atoms with van der Waals surface area (Å²) in [5, 5.41) is 7.32. The van der Waals surface area contributed by atoms with Crippen LogP contribution in [0.5, 0.6) is 0 Å². The zero-order valence-electron chi connectivity index (χ0n) is 21.8. The van der Waals surface area contributed by atoms with Gasteiger partial charge in [0.2, 0.25) is 5.91 Å². The van der Waals surface area contributed by atoms with Crippen LogP contribution in [-0.2, 0) is 4.79 Å². The molecule has 3 amide bonds. The molecule has 39 heavy (non-hydrogen) atoms. The molecule has 1 atom stereocenters. The Balaban J connectivity index is 1.44. The normalized spacial score (nSPS) is 17.8. The Morgan fingerprint density at radius 1 is 0.923 bits per heavy atom. The third-order valence-corrected chi connectivity index (χ3v) is 8.52. The van der Waals surface area contributed by atoms with Crippen LogP contribution in [0.15, 0.2) is 72.8 Å². The van der Waals surface area contributed by atoms with Crippen LogP contribution < -0.4 is 15.5 Å². The Morgan fingerprint density at radius 2 is 1.74 bits per heavy atom. The Kier molecular flexibility index (Phi) is 6.89. The summed E-state index contributed by atoms with van der Waals surface area (Å²) in [4.78, 5) is 45.0. The predicted molar refractivity (Wildman–Crippen MR) is 156 cm³/mol. The van der Waals surface area contributed by atoms with E-state index in [0.29, 0.717) is 34.9 Å². The van der Waals surface area contributed by atoms with Gasteiger partial charge in [-0.05, 0) is 61.2 Å². The van der Waals surface area contributed by atoms with Crippen LogP contribution in [0.2, 0.25) is 0 Å². The van der Waals surface area contributed by atoms with Crippen molar-refractivity contribution in [3.05, 3.63) is 94.4 Å². The minimum Gasteiger partial charge on any atom is -0.337 e. The smallest absolute Gasteiger partial charge is 0.269 e. The molecule has 3 heterocycles. The molecule has 1 unspecified atom stereocenters. The van der Waals surface area contributed by atoms with Gasteiger partial charge in [-0.1, -0.05) is 48.0 Å². The predicted octanol–water partition coefficient (Wildman–Crippen LogP) is 5.38. The standard InChI is InChI=1S/C31H30N4O3S/c1-20-7-9-21(10-8-20)26-19-29(36)33-24-17-23(30(37)34-15-4-13-32-14-16-34)11-12-25(24)35(26)31(38)28-18-22-5-2-3-6-27(22)39-28/h2-3,5-12,17-18,26,32H,4,13-16,19H2,1H3,(H,33,36). The van der Waals surface area contributed by atoms with Gasteiger partial charge < -0.3 is 15.5 Å². The van der Waals surface area contributed by atoms with Gasteiger partial charge >= 0.3 is 0 Å². The van der Waals surface area contributed by atoms with E-state index in [4.69, 9.17) is 0 Å². The second kappa shape index (κ2) is 10.6. The Labute approximate surface area is 231 Å². The molecule has 2 aliphatic rings. The summed E-state index contributed by atoms with van der Waals surface area (Å²) in [6.07, 6.45) is 0.999. The SMILES string of the molecule is Cc1ccc(C2CC(=O)Nc3cc(C(=O)N4CCCNCC4)ccc3N2C(=O)c2cc3ccccc3s2)cc1. The molecule has 0 saturated carbocycles. The fourth-order valence-corrected chi connectivity index (χ4v) is 6.36. The maximum absolute atomic E-state index is 14.3. The number of fused-ring (bicyclic) bond motifs is 2. The molecule has 1 fully saturated rings. The first-order valence-corrected chi connectivity index (χ1v) is 14.1. The summed E-state index contributed by atoms with van der Waals surface area (Å²) in [6, 6.07) is 22.6. The molecular formula is C31H30N4O3S. The largest absolute Gasteiger partial charge is 0.337 e. The molecule has 198 valence electrons. The van der Waals surface area contributed by atoms with E-state index in [0.717, 1.165) is 40.7 Å². The second-order valence-electron chi connectivity index (χ2n) is 10.1. The van der Waals surface area contributed by atoms with Crippen LogP contribution in [0.4, 0.5) is 11.4 Å². The van der Waals surface area contributed by atoms with Crippen LogP contribution >= 0.6 is 11.3 Å². The summed E-state index contributed by atoms with van der Waals surface area (Å²) in [5.74, 6) is -0.438. The second-order valence-corrected chi connectivity index (χ2v) is 11.2. The van der Waals surface area contributed by atoms with Crippen LogP contribution in [0, 0.1) is 6.92 Å². The lowest BCUT2D eigenvalue weighted by atomic mass is 9.99. The van der Waals surface area contributed by atoms with Crippen molar-refractivity contribution in [3.63, 3.8) is 0 Å². The average Bonchev–Trinajstić information content (AvgIpc) is 3.10. The molecule has 0 bridgehead atoms. The summed E-state index contributed by atoms with van der Waals surface area (Å²) < 4.78 is 1.03. The molecule has 0 aliphatic carbocycles. The van der Waals surface area contributed by atoms with E-state index in [1.165, 1.54) is 11.3 Å². The zero-order valence-corrected chi connectivity index (χ0v) is 22.6. The average molecular weight is 539 g/mol. The first kappa shape index (κ1) is 25.3.